The average Bonchev–Trinajstić information content (AvgIpc) is 3.13. The van der Waals surface area contributed by atoms with Gasteiger partial charge in [-0.1, -0.05) is 0 Å². The van der Waals surface area contributed by atoms with E-state index in [1.165, 1.54) is 0 Å². The highest BCUT2D eigenvalue weighted by atomic mass is 19.4. The van der Waals surface area contributed by atoms with Crippen molar-refractivity contribution in [2.24, 2.45) is 5.73 Å². The molecule has 0 spiro atoms. The third-order valence-corrected chi connectivity index (χ3v) is 5.38. The Morgan fingerprint density at radius 1 is 1.07 bits per heavy atom. The summed E-state index contributed by atoms with van der Waals surface area (Å²) in [4.78, 5) is 14.0. The maximum absolute atomic E-state index is 13.5. The standard InChI is InChI=1S/C18H20F6N2O2/c19-17(20,21)10-7-11(15(16(25)27)13(8-10)18(22,23)24)12-9-28-6-3-14(12)26-4-1-2-5-26/h7-8,12,14H,1-6,9H2,(H2,25,27)/t12-,14+/m0/s1. The molecule has 0 unspecified atom stereocenters. The van der Waals surface area contributed by atoms with Gasteiger partial charge in [0.25, 0.3) is 0 Å². The molecule has 2 atom stereocenters. The van der Waals surface area contributed by atoms with Crippen molar-refractivity contribution in [2.75, 3.05) is 26.3 Å². The van der Waals surface area contributed by atoms with Crippen LogP contribution < -0.4 is 5.73 Å². The van der Waals surface area contributed by atoms with E-state index < -0.39 is 40.9 Å². The van der Waals surface area contributed by atoms with Crippen LogP contribution in [0.5, 0.6) is 0 Å². The van der Waals surface area contributed by atoms with E-state index in [0.29, 0.717) is 32.2 Å². The van der Waals surface area contributed by atoms with E-state index in [-0.39, 0.29) is 24.3 Å². The number of nitrogens with zero attached hydrogens (tertiary/aromatic N) is 1. The molecule has 0 saturated carbocycles. The van der Waals surface area contributed by atoms with E-state index in [9.17, 15) is 31.1 Å². The van der Waals surface area contributed by atoms with E-state index in [2.05, 4.69) is 0 Å². The molecule has 1 aromatic carbocycles. The molecule has 3 rings (SSSR count). The number of primary amides is 1. The average molecular weight is 410 g/mol. The molecule has 2 aliphatic heterocycles. The number of amides is 1. The molecule has 0 radical (unpaired) electrons. The van der Waals surface area contributed by atoms with Gasteiger partial charge in [0, 0.05) is 18.6 Å². The number of carbonyl (C=O) groups is 1. The molecule has 10 heteroatoms. The summed E-state index contributed by atoms with van der Waals surface area (Å²) >= 11 is 0. The minimum Gasteiger partial charge on any atom is -0.381 e. The van der Waals surface area contributed by atoms with Crippen LogP contribution >= 0.6 is 0 Å². The van der Waals surface area contributed by atoms with Crippen LogP contribution in [0.1, 0.15) is 52.2 Å². The summed E-state index contributed by atoms with van der Waals surface area (Å²) in [5.74, 6) is -2.21. The van der Waals surface area contributed by atoms with Crippen molar-refractivity contribution in [3.63, 3.8) is 0 Å². The Morgan fingerprint density at radius 2 is 1.71 bits per heavy atom. The Balaban J connectivity index is 2.20. The predicted octanol–water partition coefficient (Wildman–Crippen LogP) is 3.79. The molecule has 0 aliphatic carbocycles. The summed E-state index contributed by atoms with van der Waals surface area (Å²) in [7, 11) is 0. The molecule has 0 aromatic heterocycles. The number of hydrogen-bond donors (Lipinski definition) is 1. The van der Waals surface area contributed by atoms with E-state index in [0.717, 1.165) is 12.8 Å². The Bertz CT molecular complexity index is 741. The maximum Gasteiger partial charge on any atom is 0.417 e. The molecule has 28 heavy (non-hydrogen) atoms. The van der Waals surface area contributed by atoms with Crippen molar-refractivity contribution in [3.8, 4) is 0 Å². The van der Waals surface area contributed by atoms with Gasteiger partial charge in [-0.2, -0.15) is 26.3 Å². The highest BCUT2D eigenvalue weighted by molar-refractivity contribution is 5.96. The van der Waals surface area contributed by atoms with Crippen molar-refractivity contribution in [3.05, 3.63) is 34.4 Å². The lowest BCUT2D eigenvalue weighted by molar-refractivity contribution is -0.143. The SMILES string of the molecule is NC(=O)c1c([C@@H]2COCC[C@H]2N2CCCC2)cc(C(F)(F)F)cc1C(F)(F)F. The van der Waals surface area contributed by atoms with Crippen molar-refractivity contribution in [2.45, 2.75) is 43.6 Å². The third kappa shape index (κ3) is 4.12. The van der Waals surface area contributed by atoms with Crippen LogP contribution in [0.2, 0.25) is 0 Å². The van der Waals surface area contributed by atoms with E-state index in [1.807, 2.05) is 4.90 Å². The van der Waals surface area contributed by atoms with Gasteiger partial charge in [-0.15, -0.1) is 0 Å². The van der Waals surface area contributed by atoms with Gasteiger partial charge in [0.2, 0.25) is 5.91 Å². The van der Waals surface area contributed by atoms with E-state index in [1.54, 1.807) is 0 Å². The zero-order valence-electron chi connectivity index (χ0n) is 14.9. The van der Waals surface area contributed by atoms with Crippen molar-refractivity contribution < 1.29 is 35.9 Å². The van der Waals surface area contributed by atoms with Crippen LogP contribution in [0.3, 0.4) is 0 Å². The lowest BCUT2D eigenvalue weighted by Gasteiger charge is -2.39. The van der Waals surface area contributed by atoms with Crippen molar-refractivity contribution in [1.82, 2.24) is 4.90 Å². The first kappa shape index (κ1) is 20.9. The Labute approximate surface area is 157 Å². The topological polar surface area (TPSA) is 55.6 Å². The summed E-state index contributed by atoms with van der Waals surface area (Å²) in [6.45, 7) is 1.70. The van der Waals surface area contributed by atoms with Gasteiger partial charge in [-0.25, -0.2) is 0 Å². The van der Waals surface area contributed by atoms with Crippen LogP contribution in [0, 0.1) is 0 Å². The first-order valence-electron chi connectivity index (χ1n) is 8.94. The number of hydrogen-bond acceptors (Lipinski definition) is 3. The molecule has 1 aromatic rings. The van der Waals surface area contributed by atoms with Crippen molar-refractivity contribution >= 4 is 5.91 Å². The number of alkyl halides is 6. The largest absolute Gasteiger partial charge is 0.417 e. The highest BCUT2D eigenvalue weighted by Gasteiger charge is 2.43. The molecule has 1 amide bonds. The van der Waals surface area contributed by atoms with Gasteiger partial charge in [0.15, 0.2) is 0 Å². The number of likely N-dealkylation sites (tertiary alicyclic amines) is 1. The fraction of sp³-hybridized carbons (Fsp3) is 0.611. The number of nitrogens with two attached hydrogens (primary N) is 1. The molecule has 4 nitrogen and oxygen atoms in total. The Hall–Kier alpha value is -1.81. The predicted molar refractivity (Wildman–Crippen MR) is 87.7 cm³/mol. The monoisotopic (exact) mass is 410 g/mol. The zero-order valence-corrected chi connectivity index (χ0v) is 14.9. The van der Waals surface area contributed by atoms with E-state index >= 15 is 0 Å². The molecule has 2 heterocycles. The second kappa shape index (κ2) is 7.55. The molecule has 2 N–H and O–H groups in total. The van der Waals surface area contributed by atoms with Gasteiger partial charge in [-0.05, 0) is 50.0 Å². The Kier molecular flexibility index (Phi) is 5.64. The maximum atomic E-state index is 13.5. The minimum absolute atomic E-state index is 0.0435. The molecule has 2 fully saturated rings. The fourth-order valence-electron chi connectivity index (χ4n) is 4.15. The van der Waals surface area contributed by atoms with Gasteiger partial charge in [0.1, 0.15) is 0 Å². The highest BCUT2D eigenvalue weighted by Crippen LogP contribution is 2.43. The van der Waals surface area contributed by atoms with Crippen LogP contribution in [0.15, 0.2) is 12.1 Å². The summed E-state index contributed by atoms with van der Waals surface area (Å²) < 4.78 is 85.8. The van der Waals surface area contributed by atoms with Crippen LogP contribution in [-0.2, 0) is 17.1 Å². The van der Waals surface area contributed by atoms with Crippen LogP contribution in [0.4, 0.5) is 26.3 Å². The Morgan fingerprint density at radius 3 is 2.25 bits per heavy atom. The van der Waals surface area contributed by atoms with Gasteiger partial charge in [-0.3, -0.25) is 9.69 Å². The van der Waals surface area contributed by atoms with Crippen molar-refractivity contribution in [1.29, 1.82) is 0 Å². The minimum atomic E-state index is -5.15. The summed E-state index contributed by atoms with van der Waals surface area (Å²) in [6.07, 6.45) is -7.88. The lowest BCUT2D eigenvalue weighted by Crippen LogP contribution is -2.44. The normalized spacial score (nSPS) is 24.5. The first-order valence-corrected chi connectivity index (χ1v) is 8.94. The summed E-state index contributed by atoms with van der Waals surface area (Å²) in [5.41, 5.74) is 0.848. The first-order chi connectivity index (χ1) is 13.0. The third-order valence-electron chi connectivity index (χ3n) is 5.38. The number of benzene rings is 1. The van der Waals surface area contributed by atoms with Gasteiger partial charge in [0.05, 0.1) is 23.3 Å². The van der Waals surface area contributed by atoms with Crippen LogP contribution in [-0.4, -0.2) is 43.2 Å². The number of halogens is 6. The van der Waals surface area contributed by atoms with E-state index in [4.69, 9.17) is 10.5 Å². The molecule has 2 aliphatic rings. The second-order valence-corrected chi connectivity index (χ2v) is 7.13. The van der Waals surface area contributed by atoms with Gasteiger partial charge < -0.3 is 10.5 Å². The van der Waals surface area contributed by atoms with Crippen LogP contribution in [0.25, 0.3) is 0 Å². The number of ether oxygens (including phenoxy) is 1. The number of carbonyl (C=O) groups excluding carboxylic acids is 1. The fourth-order valence-corrected chi connectivity index (χ4v) is 4.15. The molecule has 0 bridgehead atoms. The molecule has 2 saturated heterocycles. The quantitative estimate of drug-likeness (QED) is 0.772. The second-order valence-electron chi connectivity index (χ2n) is 7.13. The summed E-state index contributed by atoms with van der Waals surface area (Å²) in [5, 5.41) is 0. The summed E-state index contributed by atoms with van der Waals surface area (Å²) in [6, 6.07) is 0.273. The molecule has 156 valence electrons. The number of rotatable bonds is 3. The molecular weight excluding hydrogens is 390 g/mol. The lowest BCUT2D eigenvalue weighted by atomic mass is 9.82. The molecular formula is C18H20F6N2O2. The smallest absolute Gasteiger partial charge is 0.381 e. The zero-order chi connectivity index (χ0) is 20.7. The van der Waals surface area contributed by atoms with Gasteiger partial charge >= 0.3 is 12.4 Å².